The van der Waals surface area contributed by atoms with Gasteiger partial charge in [0, 0.05) is 18.1 Å². The Balaban J connectivity index is 2.39. The van der Waals surface area contributed by atoms with Crippen LogP contribution in [0.4, 0.5) is 5.69 Å². The molecule has 0 bridgehead atoms. The summed E-state index contributed by atoms with van der Waals surface area (Å²) in [7, 11) is 0. The zero-order chi connectivity index (χ0) is 12.3. The van der Waals surface area contributed by atoms with Crippen molar-refractivity contribution in [3.8, 4) is 17.7 Å². The van der Waals surface area contributed by atoms with Gasteiger partial charge in [-0.25, -0.2) is 9.97 Å². The van der Waals surface area contributed by atoms with Crippen LogP contribution in [-0.4, -0.2) is 9.97 Å². The molecule has 0 spiro atoms. The summed E-state index contributed by atoms with van der Waals surface area (Å²) < 4.78 is 6.11. The molecule has 0 aliphatic carbocycles. The third kappa shape index (κ3) is 2.34. The molecule has 2 rings (SSSR count). The van der Waals surface area contributed by atoms with Gasteiger partial charge in [-0.1, -0.05) is 6.07 Å². The zero-order valence-electron chi connectivity index (χ0n) is 8.59. The number of nitriles is 1. The maximum Gasteiger partial charge on any atom is 0.256 e. The van der Waals surface area contributed by atoms with Gasteiger partial charge in [-0.2, -0.15) is 5.26 Å². The molecule has 0 aliphatic heterocycles. The van der Waals surface area contributed by atoms with Gasteiger partial charge >= 0.3 is 0 Å². The third-order valence-electron chi connectivity index (χ3n) is 1.97. The van der Waals surface area contributed by atoms with Gasteiger partial charge in [0.05, 0.1) is 4.47 Å². The molecule has 84 valence electrons. The van der Waals surface area contributed by atoms with Crippen molar-refractivity contribution in [1.29, 1.82) is 5.26 Å². The first-order valence-electron chi connectivity index (χ1n) is 4.65. The van der Waals surface area contributed by atoms with Crippen LogP contribution in [0.25, 0.3) is 0 Å². The van der Waals surface area contributed by atoms with Gasteiger partial charge in [-0.05, 0) is 28.1 Å². The molecular weight excluding hydrogens is 284 g/mol. The van der Waals surface area contributed by atoms with Crippen LogP contribution >= 0.6 is 15.9 Å². The van der Waals surface area contributed by atoms with Crippen LogP contribution in [0.15, 0.2) is 35.1 Å². The van der Waals surface area contributed by atoms with Crippen molar-refractivity contribution in [3.63, 3.8) is 0 Å². The fourth-order valence-corrected chi connectivity index (χ4v) is 1.53. The number of ether oxygens (including phenoxy) is 1. The fourth-order valence-electron chi connectivity index (χ4n) is 1.19. The highest BCUT2D eigenvalue weighted by Crippen LogP contribution is 2.33. The smallest absolute Gasteiger partial charge is 0.256 e. The summed E-state index contributed by atoms with van der Waals surface area (Å²) in [5, 5.41) is 8.85. The first-order valence-corrected chi connectivity index (χ1v) is 5.44. The van der Waals surface area contributed by atoms with Gasteiger partial charge < -0.3 is 10.5 Å². The highest BCUT2D eigenvalue weighted by Gasteiger charge is 2.10. The number of nitrogens with two attached hydrogens (primary N) is 1. The molecular formula is C11H7BrN4O. The highest BCUT2D eigenvalue weighted by molar-refractivity contribution is 9.10. The van der Waals surface area contributed by atoms with Gasteiger partial charge in [0.15, 0.2) is 0 Å². The summed E-state index contributed by atoms with van der Waals surface area (Å²) in [4.78, 5) is 7.80. The molecule has 1 aromatic heterocycles. The van der Waals surface area contributed by atoms with E-state index >= 15 is 0 Å². The molecule has 5 nitrogen and oxygen atoms in total. The van der Waals surface area contributed by atoms with Crippen LogP contribution in [-0.2, 0) is 0 Å². The number of rotatable bonds is 2. The Labute approximate surface area is 106 Å². The van der Waals surface area contributed by atoms with Crippen molar-refractivity contribution in [1.82, 2.24) is 9.97 Å². The molecule has 0 unspecified atom stereocenters. The molecule has 1 heterocycles. The average molecular weight is 291 g/mol. The van der Waals surface area contributed by atoms with Crippen LogP contribution in [0, 0.1) is 11.3 Å². The standard InChI is InChI=1S/C11H7BrN4O/c12-10-7(14)2-1-3-9(10)17-11-8(6-13)15-4-5-16-11/h1-5H,14H2. The summed E-state index contributed by atoms with van der Waals surface area (Å²) in [6, 6.07) is 7.11. The van der Waals surface area contributed by atoms with Crippen LogP contribution in [0.2, 0.25) is 0 Å². The van der Waals surface area contributed by atoms with Crippen molar-refractivity contribution in [2.75, 3.05) is 5.73 Å². The molecule has 6 heteroatoms. The lowest BCUT2D eigenvalue weighted by Crippen LogP contribution is -1.96. The number of hydrogen-bond donors (Lipinski definition) is 1. The van der Waals surface area contributed by atoms with Crippen molar-refractivity contribution in [2.24, 2.45) is 0 Å². The first kappa shape index (κ1) is 11.4. The minimum Gasteiger partial charge on any atom is -0.435 e. The normalized spacial score (nSPS) is 9.65. The van der Waals surface area contributed by atoms with Crippen LogP contribution in [0.3, 0.4) is 0 Å². The predicted molar refractivity (Wildman–Crippen MR) is 65.4 cm³/mol. The largest absolute Gasteiger partial charge is 0.435 e. The van der Waals surface area contributed by atoms with Crippen molar-refractivity contribution in [3.05, 3.63) is 40.8 Å². The maximum atomic E-state index is 8.85. The average Bonchev–Trinajstić information content (AvgIpc) is 2.35. The molecule has 0 radical (unpaired) electrons. The van der Waals surface area contributed by atoms with E-state index in [9.17, 15) is 0 Å². The molecule has 2 aromatic rings. The Morgan fingerprint density at radius 3 is 2.82 bits per heavy atom. The lowest BCUT2D eigenvalue weighted by molar-refractivity contribution is 0.455. The number of nitrogen functional groups attached to an aromatic ring is 1. The van der Waals surface area contributed by atoms with E-state index in [2.05, 4.69) is 25.9 Å². The van der Waals surface area contributed by atoms with Gasteiger partial charge in [-0.3, -0.25) is 0 Å². The first-order chi connectivity index (χ1) is 8.22. The topological polar surface area (TPSA) is 84.8 Å². The molecule has 0 saturated heterocycles. The molecule has 17 heavy (non-hydrogen) atoms. The van der Waals surface area contributed by atoms with E-state index in [1.807, 2.05) is 6.07 Å². The lowest BCUT2D eigenvalue weighted by atomic mass is 10.3. The van der Waals surface area contributed by atoms with Gasteiger partial charge in [0.1, 0.15) is 11.8 Å². The van der Waals surface area contributed by atoms with Crippen LogP contribution in [0.1, 0.15) is 5.69 Å². The lowest BCUT2D eigenvalue weighted by Gasteiger charge is -2.08. The van der Waals surface area contributed by atoms with Gasteiger partial charge in [0.2, 0.25) is 5.69 Å². The van der Waals surface area contributed by atoms with Crippen LogP contribution in [0.5, 0.6) is 11.6 Å². The molecule has 0 atom stereocenters. The second-order valence-corrected chi connectivity index (χ2v) is 3.88. The van der Waals surface area contributed by atoms with E-state index in [-0.39, 0.29) is 11.6 Å². The number of aromatic nitrogens is 2. The van der Waals surface area contributed by atoms with E-state index in [1.165, 1.54) is 12.4 Å². The molecule has 0 saturated carbocycles. The number of hydrogen-bond acceptors (Lipinski definition) is 5. The molecule has 2 N–H and O–H groups in total. The van der Waals surface area contributed by atoms with Crippen molar-refractivity contribution < 1.29 is 4.74 Å². The Morgan fingerprint density at radius 1 is 1.29 bits per heavy atom. The van der Waals surface area contributed by atoms with E-state index in [4.69, 9.17) is 15.7 Å². The Kier molecular flexibility index (Phi) is 3.21. The predicted octanol–water partition coefficient (Wildman–Crippen LogP) is 2.49. The minimum atomic E-state index is 0.127. The molecule has 0 amide bonds. The second-order valence-electron chi connectivity index (χ2n) is 3.08. The number of halogens is 1. The summed E-state index contributed by atoms with van der Waals surface area (Å²) in [5.41, 5.74) is 6.39. The molecule has 0 fully saturated rings. The Morgan fingerprint density at radius 2 is 2.06 bits per heavy atom. The van der Waals surface area contributed by atoms with Crippen molar-refractivity contribution in [2.45, 2.75) is 0 Å². The van der Waals surface area contributed by atoms with Gasteiger partial charge in [-0.15, -0.1) is 0 Å². The fraction of sp³-hybridized carbons (Fsp3) is 0. The van der Waals surface area contributed by atoms with Crippen LogP contribution < -0.4 is 10.5 Å². The van der Waals surface area contributed by atoms with Gasteiger partial charge in [0.25, 0.3) is 5.88 Å². The molecule has 1 aromatic carbocycles. The second kappa shape index (κ2) is 4.80. The summed E-state index contributed by atoms with van der Waals surface area (Å²) in [5.74, 6) is 0.642. The summed E-state index contributed by atoms with van der Waals surface area (Å²) >= 11 is 3.30. The van der Waals surface area contributed by atoms with E-state index in [0.717, 1.165) is 0 Å². The van der Waals surface area contributed by atoms with E-state index in [1.54, 1.807) is 18.2 Å². The third-order valence-corrected chi connectivity index (χ3v) is 2.82. The van der Waals surface area contributed by atoms with E-state index in [0.29, 0.717) is 15.9 Å². The number of anilines is 1. The zero-order valence-corrected chi connectivity index (χ0v) is 10.2. The minimum absolute atomic E-state index is 0.127. The number of nitrogens with zero attached hydrogens (tertiary/aromatic N) is 3. The monoisotopic (exact) mass is 290 g/mol. The van der Waals surface area contributed by atoms with E-state index < -0.39 is 0 Å². The number of benzene rings is 1. The SMILES string of the molecule is N#Cc1nccnc1Oc1cccc(N)c1Br. The summed E-state index contributed by atoms with van der Waals surface area (Å²) in [6.07, 6.45) is 2.89. The summed E-state index contributed by atoms with van der Waals surface area (Å²) in [6.45, 7) is 0. The Hall–Kier alpha value is -2.13. The van der Waals surface area contributed by atoms with Crippen molar-refractivity contribution >= 4 is 21.6 Å². The maximum absolute atomic E-state index is 8.85. The molecule has 0 aliphatic rings. The Bertz CT molecular complexity index is 594. The quantitative estimate of drug-likeness (QED) is 0.859. The highest BCUT2D eigenvalue weighted by atomic mass is 79.9.